The number of aliphatic hydroxyl groups excluding tert-OH is 1. The summed E-state index contributed by atoms with van der Waals surface area (Å²) in [6.45, 7) is 2.66. The number of ether oxygens (including phenoxy) is 1. The maximum atomic E-state index is 10.6. The number of halogens is 1. The molecule has 0 aromatic heterocycles. The quantitative estimate of drug-likeness (QED) is 0.782. The first-order valence-corrected chi connectivity index (χ1v) is 8.73. The summed E-state index contributed by atoms with van der Waals surface area (Å²) in [5.41, 5.74) is -0.346. The molecule has 0 radical (unpaired) electrons. The van der Waals surface area contributed by atoms with Crippen LogP contribution >= 0.6 is 23.4 Å². The molecule has 1 aromatic carbocycles. The second kappa shape index (κ2) is 7.69. The van der Waals surface area contributed by atoms with E-state index < -0.39 is 6.10 Å². The van der Waals surface area contributed by atoms with E-state index in [0.29, 0.717) is 12.4 Å². The fraction of sp³-hybridized carbons (Fsp3) is 0.625. The summed E-state index contributed by atoms with van der Waals surface area (Å²) in [5.74, 6) is 0.629. The second-order valence-electron chi connectivity index (χ2n) is 5.32. The lowest BCUT2D eigenvalue weighted by atomic mass is 9.81. The van der Waals surface area contributed by atoms with Gasteiger partial charge in [-0.15, -0.1) is 11.8 Å². The number of rotatable bonds is 6. The number of hydrogen-bond acceptors (Lipinski definition) is 3. The van der Waals surface area contributed by atoms with Gasteiger partial charge in [0, 0.05) is 17.3 Å². The van der Waals surface area contributed by atoms with E-state index in [1.165, 1.54) is 6.42 Å². The van der Waals surface area contributed by atoms with Gasteiger partial charge in [-0.25, -0.2) is 0 Å². The zero-order valence-electron chi connectivity index (χ0n) is 12.0. The van der Waals surface area contributed by atoms with Crippen molar-refractivity contribution in [2.45, 2.75) is 55.6 Å². The average molecular weight is 315 g/mol. The fourth-order valence-corrected chi connectivity index (χ4v) is 4.22. The molecule has 1 aliphatic carbocycles. The lowest BCUT2D eigenvalue weighted by Crippen LogP contribution is -2.47. The molecular weight excluding hydrogens is 292 g/mol. The molecule has 1 unspecified atom stereocenters. The van der Waals surface area contributed by atoms with E-state index in [9.17, 15) is 5.11 Å². The summed E-state index contributed by atoms with van der Waals surface area (Å²) >= 11 is 7.77. The minimum Gasteiger partial charge on any atom is -0.389 e. The molecule has 1 aromatic rings. The predicted molar refractivity (Wildman–Crippen MR) is 85.6 cm³/mol. The molecule has 1 fully saturated rings. The maximum absolute atomic E-state index is 10.6. The number of thioether (sulfide) groups is 1. The zero-order chi connectivity index (χ0) is 14.4. The highest BCUT2D eigenvalue weighted by molar-refractivity contribution is 7.99. The molecule has 1 N–H and O–H groups in total. The van der Waals surface area contributed by atoms with Crippen molar-refractivity contribution in [3.8, 4) is 0 Å². The standard InChI is InChI=1S/C16H23ClO2S/c1-2-19-16(10-6-3-7-11-16)15(18)12-20-14-9-5-4-8-13(14)17/h4-5,8-9,15,18H,2-3,6-7,10-12H2,1H3. The molecule has 2 nitrogen and oxygen atoms in total. The molecule has 112 valence electrons. The van der Waals surface area contributed by atoms with Crippen molar-refractivity contribution in [2.24, 2.45) is 0 Å². The van der Waals surface area contributed by atoms with Crippen molar-refractivity contribution in [3.63, 3.8) is 0 Å². The highest BCUT2D eigenvalue weighted by Crippen LogP contribution is 2.37. The Morgan fingerprint density at radius 3 is 2.65 bits per heavy atom. The van der Waals surface area contributed by atoms with Crippen molar-refractivity contribution in [1.29, 1.82) is 0 Å². The molecule has 1 aliphatic rings. The summed E-state index contributed by atoms with van der Waals surface area (Å²) < 4.78 is 5.95. The Hall–Kier alpha value is -0.220. The van der Waals surface area contributed by atoms with Crippen molar-refractivity contribution in [1.82, 2.24) is 0 Å². The van der Waals surface area contributed by atoms with Crippen LogP contribution in [0.25, 0.3) is 0 Å². The van der Waals surface area contributed by atoms with Gasteiger partial charge >= 0.3 is 0 Å². The SMILES string of the molecule is CCOC1(C(O)CSc2ccccc2Cl)CCCCC1. The Kier molecular flexibility index (Phi) is 6.21. The summed E-state index contributed by atoms with van der Waals surface area (Å²) in [4.78, 5) is 1.02. The van der Waals surface area contributed by atoms with Crippen LogP contribution in [-0.2, 0) is 4.74 Å². The Bertz CT molecular complexity index is 413. The van der Waals surface area contributed by atoms with Crippen LogP contribution in [0, 0.1) is 0 Å². The first-order valence-electron chi connectivity index (χ1n) is 7.37. The minimum absolute atomic E-state index is 0.346. The summed E-state index contributed by atoms with van der Waals surface area (Å²) in [5, 5.41) is 11.4. The third-order valence-electron chi connectivity index (χ3n) is 3.97. The lowest BCUT2D eigenvalue weighted by Gasteiger charge is -2.40. The van der Waals surface area contributed by atoms with Gasteiger partial charge in [-0.3, -0.25) is 0 Å². The zero-order valence-corrected chi connectivity index (χ0v) is 13.6. The number of aliphatic hydroxyl groups is 1. The van der Waals surface area contributed by atoms with E-state index in [0.717, 1.165) is 35.6 Å². The maximum Gasteiger partial charge on any atom is 0.0948 e. The van der Waals surface area contributed by atoms with Crippen LogP contribution < -0.4 is 0 Å². The van der Waals surface area contributed by atoms with Gasteiger partial charge in [0.1, 0.15) is 0 Å². The van der Waals surface area contributed by atoms with Crippen LogP contribution in [0.4, 0.5) is 0 Å². The van der Waals surface area contributed by atoms with Crippen molar-refractivity contribution < 1.29 is 9.84 Å². The lowest BCUT2D eigenvalue weighted by molar-refractivity contribution is -0.131. The Balaban J connectivity index is 1.98. The molecule has 0 heterocycles. The molecule has 1 saturated carbocycles. The first kappa shape index (κ1) is 16.2. The third kappa shape index (κ3) is 3.91. The van der Waals surface area contributed by atoms with E-state index in [1.54, 1.807) is 11.8 Å². The molecule has 0 saturated heterocycles. The van der Waals surface area contributed by atoms with Gasteiger partial charge in [-0.05, 0) is 31.9 Å². The minimum atomic E-state index is -0.441. The van der Waals surface area contributed by atoms with Crippen LogP contribution in [0.3, 0.4) is 0 Å². The molecule has 2 rings (SSSR count). The van der Waals surface area contributed by atoms with Gasteiger partial charge in [0.2, 0.25) is 0 Å². The van der Waals surface area contributed by atoms with Gasteiger partial charge < -0.3 is 9.84 Å². The molecule has 0 spiro atoms. The Morgan fingerprint density at radius 1 is 1.30 bits per heavy atom. The van der Waals surface area contributed by atoms with Gasteiger partial charge in [0.05, 0.1) is 16.7 Å². The Labute approximate surface area is 130 Å². The van der Waals surface area contributed by atoms with Crippen LogP contribution in [0.5, 0.6) is 0 Å². The van der Waals surface area contributed by atoms with E-state index in [2.05, 4.69) is 0 Å². The summed E-state index contributed by atoms with van der Waals surface area (Å²) in [6, 6.07) is 7.77. The molecule has 20 heavy (non-hydrogen) atoms. The fourth-order valence-electron chi connectivity index (χ4n) is 2.89. The average Bonchev–Trinajstić information content (AvgIpc) is 2.47. The largest absolute Gasteiger partial charge is 0.389 e. The molecule has 0 aliphatic heterocycles. The highest BCUT2D eigenvalue weighted by atomic mass is 35.5. The van der Waals surface area contributed by atoms with Crippen molar-refractivity contribution >= 4 is 23.4 Å². The van der Waals surface area contributed by atoms with Crippen molar-refractivity contribution in [3.05, 3.63) is 29.3 Å². The van der Waals surface area contributed by atoms with E-state index >= 15 is 0 Å². The van der Waals surface area contributed by atoms with Gasteiger partial charge in [0.15, 0.2) is 0 Å². The molecule has 4 heteroatoms. The molecule has 0 bridgehead atoms. The van der Waals surface area contributed by atoms with Crippen LogP contribution in [-0.4, -0.2) is 29.2 Å². The van der Waals surface area contributed by atoms with Crippen LogP contribution in [0.15, 0.2) is 29.2 Å². The van der Waals surface area contributed by atoms with E-state index in [1.807, 2.05) is 31.2 Å². The topological polar surface area (TPSA) is 29.5 Å². The van der Waals surface area contributed by atoms with Crippen molar-refractivity contribution in [2.75, 3.05) is 12.4 Å². The van der Waals surface area contributed by atoms with Crippen LogP contribution in [0.2, 0.25) is 5.02 Å². The Morgan fingerprint density at radius 2 is 2.00 bits per heavy atom. The van der Waals surface area contributed by atoms with E-state index in [4.69, 9.17) is 16.3 Å². The molecular formula is C16H23ClO2S. The normalized spacial score (nSPS) is 19.8. The summed E-state index contributed by atoms with van der Waals surface area (Å²) in [6.07, 6.45) is 5.03. The number of hydrogen-bond donors (Lipinski definition) is 1. The monoisotopic (exact) mass is 314 g/mol. The molecule has 1 atom stereocenters. The van der Waals surface area contributed by atoms with Gasteiger partial charge in [0.25, 0.3) is 0 Å². The summed E-state index contributed by atoms with van der Waals surface area (Å²) in [7, 11) is 0. The highest BCUT2D eigenvalue weighted by Gasteiger charge is 2.39. The van der Waals surface area contributed by atoms with Crippen LogP contribution in [0.1, 0.15) is 39.0 Å². The molecule has 0 amide bonds. The van der Waals surface area contributed by atoms with Gasteiger partial charge in [-0.2, -0.15) is 0 Å². The predicted octanol–water partition coefficient (Wildman–Crippen LogP) is 4.53. The number of benzene rings is 1. The van der Waals surface area contributed by atoms with E-state index in [-0.39, 0.29) is 5.60 Å². The smallest absolute Gasteiger partial charge is 0.0948 e. The second-order valence-corrected chi connectivity index (χ2v) is 6.78. The van der Waals surface area contributed by atoms with Gasteiger partial charge in [-0.1, -0.05) is 43.0 Å². The third-order valence-corrected chi connectivity index (χ3v) is 5.56. The first-order chi connectivity index (χ1) is 9.68.